The van der Waals surface area contributed by atoms with Crippen molar-refractivity contribution in [3.05, 3.63) is 23.3 Å². The molecule has 0 aliphatic carbocycles. The third kappa shape index (κ3) is 6.63. The first-order valence-electron chi connectivity index (χ1n) is 8.73. The van der Waals surface area contributed by atoms with Gasteiger partial charge in [-0.2, -0.15) is 0 Å². The van der Waals surface area contributed by atoms with E-state index in [0.29, 0.717) is 12.0 Å². The molecule has 0 bridgehead atoms. The summed E-state index contributed by atoms with van der Waals surface area (Å²) in [5, 5.41) is 0. The molecule has 0 aliphatic rings. The Hall–Kier alpha value is -1.32. The molecule has 1 heterocycles. The molecule has 0 spiro atoms. The van der Waals surface area contributed by atoms with Crippen LogP contribution in [0.3, 0.4) is 0 Å². The van der Waals surface area contributed by atoms with E-state index in [-0.39, 0.29) is 12.3 Å². The zero-order valence-electron chi connectivity index (χ0n) is 14.0. The van der Waals surface area contributed by atoms with Crippen LogP contribution < -0.4 is 0 Å². The second-order valence-electron chi connectivity index (χ2n) is 5.80. The molecule has 3 nitrogen and oxygen atoms in total. The van der Waals surface area contributed by atoms with Crippen molar-refractivity contribution in [1.82, 2.24) is 4.98 Å². The Morgan fingerprint density at radius 1 is 1.05 bits per heavy atom. The summed E-state index contributed by atoms with van der Waals surface area (Å²) in [6.07, 6.45) is 13.5. The third-order valence-electron chi connectivity index (χ3n) is 3.92. The molecule has 4 heteroatoms. The SMILES string of the molecule is CCCCCCCCCCCc1c[nH]c(C(=O)OCC)c1F. The standard InChI is InChI=1S/C18H30FNO2/c1-3-5-6-7-8-9-10-11-12-13-15-14-20-17(16(15)19)18(21)22-4-2/h14,20H,3-13H2,1-2H3. The van der Waals surface area contributed by atoms with Gasteiger partial charge in [0.05, 0.1) is 6.61 Å². The summed E-state index contributed by atoms with van der Waals surface area (Å²) in [5.41, 5.74) is 0.541. The van der Waals surface area contributed by atoms with Crippen LogP contribution in [0.4, 0.5) is 4.39 Å². The van der Waals surface area contributed by atoms with E-state index in [1.54, 1.807) is 13.1 Å². The maximum absolute atomic E-state index is 14.0. The van der Waals surface area contributed by atoms with Crippen molar-refractivity contribution in [2.75, 3.05) is 6.61 Å². The van der Waals surface area contributed by atoms with E-state index in [1.807, 2.05) is 0 Å². The second kappa shape index (κ2) is 11.3. The average molecular weight is 311 g/mol. The zero-order chi connectivity index (χ0) is 16.2. The molecule has 22 heavy (non-hydrogen) atoms. The summed E-state index contributed by atoms with van der Waals surface area (Å²) in [6.45, 7) is 4.19. The van der Waals surface area contributed by atoms with Crippen molar-refractivity contribution in [3.63, 3.8) is 0 Å². The van der Waals surface area contributed by atoms with Crippen LogP contribution >= 0.6 is 0 Å². The molecule has 0 saturated carbocycles. The van der Waals surface area contributed by atoms with Crippen molar-refractivity contribution in [2.45, 2.75) is 78.1 Å². The highest BCUT2D eigenvalue weighted by atomic mass is 19.1. The molecule has 0 amide bonds. The lowest BCUT2D eigenvalue weighted by atomic mass is 10.0. The number of aromatic nitrogens is 1. The van der Waals surface area contributed by atoms with Crippen LogP contribution in [0.2, 0.25) is 0 Å². The van der Waals surface area contributed by atoms with Gasteiger partial charge in [-0.25, -0.2) is 9.18 Å². The summed E-state index contributed by atoms with van der Waals surface area (Å²) in [7, 11) is 0. The van der Waals surface area contributed by atoms with Gasteiger partial charge >= 0.3 is 5.97 Å². The van der Waals surface area contributed by atoms with E-state index < -0.39 is 11.8 Å². The normalized spacial score (nSPS) is 10.9. The Labute approximate surface area is 133 Å². The fraction of sp³-hybridized carbons (Fsp3) is 0.722. The molecule has 1 N–H and O–H groups in total. The summed E-state index contributed by atoms with van der Waals surface area (Å²) in [6, 6.07) is 0. The lowest BCUT2D eigenvalue weighted by Crippen LogP contribution is -2.07. The predicted octanol–water partition coefficient (Wildman–Crippen LogP) is 5.40. The van der Waals surface area contributed by atoms with Gasteiger partial charge in [-0.1, -0.05) is 58.3 Å². The first kappa shape index (κ1) is 18.7. The van der Waals surface area contributed by atoms with Crippen molar-refractivity contribution in [2.24, 2.45) is 0 Å². The molecular formula is C18H30FNO2. The summed E-state index contributed by atoms with van der Waals surface area (Å²) in [4.78, 5) is 14.2. The van der Waals surface area contributed by atoms with Gasteiger partial charge in [-0.3, -0.25) is 0 Å². The Morgan fingerprint density at radius 3 is 2.23 bits per heavy atom. The van der Waals surface area contributed by atoms with Crippen LogP contribution in [0.5, 0.6) is 0 Å². The fourth-order valence-electron chi connectivity index (χ4n) is 2.61. The predicted molar refractivity (Wildman–Crippen MR) is 87.6 cm³/mol. The molecule has 0 unspecified atom stereocenters. The molecule has 0 aliphatic heterocycles. The molecule has 0 fully saturated rings. The fourth-order valence-corrected chi connectivity index (χ4v) is 2.61. The van der Waals surface area contributed by atoms with Gasteiger partial charge in [0.2, 0.25) is 0 Å². The van der Waals surface area contributed by atoms with Crippen LogP contribution in [-0.2, 0) is 11.2 Å². The number of unbranched alkanes of at least 4 members (excludes halogenated alkanes) is 8. The smallest absolute Gasteiger partial charge is 0.357 e. The number of ether oxygens (including phenoxy) is 1. The van der Waals surface area contributed by atoms with E-state index in [9.17, 15) is 9.18 Å². The Balaban J connectivity index is 2.16. The van der Waals surface area contributed by atoms with Gasteiger partial charge in [0.1, 0.15) is 0 Å². The molecule has 1 aromatic heterocycles. The number of carbonyl (C=O) groups is 1. The molecule has 0 atom stereocenters. The summed E-state index contributed by atoms with van der Waals surface area (Å²) < 4.78 is 18.8. The van der Waals surface area contributed by atoms with Gasteiger partial charge in [0.25, 0.3) is 0 Å². The number of aryl methyl sites for hydroxylation is 1. The average Bonchev–Trinajstić information content (AvgIpc) is 2.87. The molecule has 0 saturated heterocycles. The first-order valence-corrected chi connectivity index (χ1v) is 8.73. The van der Waals surface area contributed by atoms with Crippen LogP contribution in [-0.4, -0.2) is 17.6 Å². The number of rotatable bonds is 12. The molecule has 126 valence electrons. The van der Waals surface area contributed by atoms with Gasteiger partial charge in [-0.15, -0.1) is 0 Å². The minimum Gasteiger partial charge on any atom is -0.461 e. The zero-order valence-corrected chi connectivity index (χ0v) is 14.0. The number of halogens is 1. The molecule has 0 aromatic carbocycles. The van der Waals surface area contributed by atoms with Gasteiger partial charge < -0.3 is 9.72 Å². The molecule has 1 aromatic rings. The third-order valence-corrected chi connectivity index (χ3v) is 3.92. The Bertz CT molecular complexity index is 429. The number of aromatic amines is 1. The van der Waals surface area contributed by atoms with Crippen LogP contribution in [0.1, 0.15) is 87.7 Å². The lowest BCUT2D eigenvalue weighted by molar-refractivity contribution is 0.0514. The minimum atomic E-state index is -0.613. The minimum absolute atomic E-state index is 0.0484. The number of nitrogens with one attached hydrogen (secondary N) is 1. The number of hydrogen-bond donors (Lipinski definition) is 1. The van der Waals surface area contributed by atoms with E-state index in [2.05, 4.69) is 11.9 Å². The monoisotopic (exact) mass is 311 g/mol. The van der Waals surface area contributed by atoms with Crippen LogP contribution in [0, 0.1) is 5.82 Å². The molecule has 1 rings (SSSR count). The van der Waals surface area contributed by atoms with E-state index in [1.165, 1.54) is 44.9 Å². The number of esters is 1. The van der Waals surface area contributed by atoms with Crippen molar-refractivity contribution in [1.29, 1.82) is 0 Å². The van der Waals surface area contributed by atoms with Crippen molar-refractivity contribution in [3.8, 4) is 0 Å². The first-order chi connectivity index (χ1) is 10.7. The molecular weight excluding hydrogens is 281 g/mol. The van der Waals surface area contributed by atoms with E-state index in [4.69, 9.17) is 4.74 Å². The van der Waals surface area contributed by atoms with Crippen LogP contribution in [0.25, 0.3) is 0 Å². The van der Waals surface area contributed by atoms with Crippen molar-refractivity contribution >= 4 is 5.97 Å². The van der Waals surface area contributed by atoms with Crippen LogP contribution in [0.15, 0.2) is 6.20 Å². The van der Waals surface area contributed by atoms with Gasteiger partial charge in [-0.05, 0) is 19.8 Å². The quantitative estimate of drug-likeness (QED) is 0.414. The molecule has 0 radical (unpaired) electrons. The van der Waals surface area contributed by atoms with E-state index in [0.717, 1.165) is 12.8 Å². The largest absolute Gasteiger partial charge is 0.461 e. The highest BCUT2D eigenvalue weighted by Crippen LogP contribution is 2.17. The Morgan fingerprint density at radius 2 is 1.64 bits per heavy atom. The summed E-state index contributed by atoms with van der Waals surface area (Å²) in [5.74, 6) is -1.06. The van der Waals surface area contributed by atoms with Gasteiger partial charge in [0.15, 0.2) is 11.5 Å². The second-order valence-corrected chi connectivity index (χ2v) is 5.80. The maximum atomic E-state index is 14.0. The van der Waals surface area contributed by atoms with Gasteiger partial charge in [0, 0.05) is 11.8 Å². The Kier molecular flexibility index (Phi) is 9.60. The lowest BCUT2D eigenvalue weighted by Gasteiger charge is -2.02. The van der Waals surface area contributed by atoms with E-state index >= 15 is 0 Å². The maximum Gasteiger partial charge on any atom is 0.357 e. The number of hydrogen-bond acceptors (Lipinski definition) is 2. The summed E-state index contributed by atoms with van der Waals surface area (Å²) >= 11 is 0. The highest BCUT2D eigenvalue weighted by Gasteiger charge is 2.18. The number of carbonyl (C=O) groups excluding carboxylic acids is 1. The van der Waals surface area contributed by atoms with Crippen molar-refractivity contribution < 1.29 is 13.9 Å². The number of H-pyrrole nitrogens is 1. The highest BCUT2D eigenvalue weighted by molar-refractivity contribution is 5.88. The topological polar surface area (TPSA) is 42.1 Å².